The van der Waals surface area contributed by atoms with Gasteiger partial charge in [-0.15, -0.1) is 0 Å². The lowest BCUT2D eigenvalue weighted by molar-refractivity contribution is 0.152. The van der Waals surface area contributed by atoms with Gasteiger partial charge in [0.2, 0.25) is 0 Å². The maximum Gasteiger partial charge on any atom is 0.135 e. The molecule has 0 spiro atoms. The smallest absolute Gasteiger partial charge is 0.135 e. The molecule has 3 aromatic heterocycles. The molecule has 5 atom stereocenters. The number of hydrogen-bond donors (Lipinski definition) is 0. The Kier molecular flexibility index (Phi) is 5.35. The van der Waals surface area contributed by atoms with E-state index in [9.17, 15) is 0 Å². The number of furan rings is 1. The average molecular weight is 733 g/mol. The molecule has 7 aliphatic rings. The zero-order valence-corrected chi connectivity index (χ0v) is 31.2. The van der Waals surface area contributed by atoms with Crippen molar-refractivity contribution in [3.8, 4) is 0 Å². The normalized spacial score (nSPS) is 24.6. The lowest BCUT2D eigenvalue weighted by Gasteiger charge is -2.23. The van der Waals surface area contributed by atoms with Crippen molar-refractivity contribution in [1.29, 1.82) is 0 Å². The number of benzene rings is 5. The van der Waals surface area contributed by atoms with E-state index in [4.69, 9.17) is 9.15 Å². The Morgan fingerprint density at radius 2 is 1.47 bits per heavy atom. The summed E-state index contributed by atoms with van der Waals surface area (Å²) < 4.78 is 18.1. The molecule has 4 heterocycles. The minimum atomic E-state index is 0.109. The molecule has 15 rings (SSSR count). The van der Waals surface area contributed by atoms with Crippen LogP contribution < -0.4 is 10.6 Å². The van der Waals surface area contributed by atoms with Crippen molar-refractivity contribution >= 4 is 101 Å². The topological polar surface area (TPSA) is 32.2 Å². The molecule has 6 aliphatic carbocycles. The van der Waals surface area contributed by atoms with Gasteiger partial charge < -0.3 is 18.3 Å². The average Bonchev–Trinajstić information content (AvgIpc) is 3.49. The van der Waals surface area contributed by atoms with Crippen LogP contribution in [0, 0.1) is 17.8 Å². The summed E-state index contributed by atoms with van der Waals surface area (Å²) in [6, 6.07) is 27.3. The number of hydrogen-bond acceptors (Lipinski definition) is 2. The zero-order chi connectivity index (χ0) is 36.7. The van der Waals surface area contributed by atoms with Crippen LogP contribution >= 0.6 is 0 Å². The van der Waals surface area contributed by atoms with Gasteiger partial charge >= 0.3 is 0 Å². The van der Waals surface area contributed by atoms with Crippen molar-refractivity contribution in [1.82, 2.24) is 9.13 Å². The van der Waals surface area contributed by atoms with Crippen molar-refractivity contribution in [2.75, 3.05) is 0 Å². The maximum atomic E-state index is 6.60. The van der Waals surface area contributed by atoms with E-state index in [-0.39, 0.29) is 18.1 Å². The van der Waals surface area contributed by atoms with Crippen LogP contribution in [0.2, 0.25) is 0 Å². The van der Waals surface area contributed by atoms with Crippen LogP contribution in [0.3, 0.4) is 0 Å². The van der Waals surface area contributed by atoms with Crippen LogP contribution in [0.25, 0.3) is 101 Å². The molecule has 0 bridgehead atoms. The molecule has 270 valence electrons. The van der Waals surface area contributed by atoms with Crippen LogP contribution in [0.4, 0.5) is 0 Å². The third-order valence-electron chi connectivity index (χ3n) is 14.4. The van der Waals surface area contributed by atoms with Gasteiger partial charge in [0.15, 0.2) is 0 Å². The van der Waals surface area contributed by atoms with Crippen molar-refractivity contribution in [2.24, 2.45) is 17.8 Å². The number of fused-ring (bicyclic) bond motifs is 21. The van der Waals surface area contributed by atoms with Gasteiger partial charge in [-0.3, -0.25) is 0 Å². The Balaban J connectivity index is 0.971. The number of para-hydroxylation sites is 2. The van der Waals surface area contributed by atoms with Gasteiger partial charge in [0.25, 0.3) is 0 Å². The van der Waals surface area contributed by atoms with Crippen LogP contribution in [-0.4, -0.2) is 15.2 Å². The number of allylic oxidation sites excluding steroid dienone is 6. The lowest BCUT2D eigenvalue weighted by Crippen LogP contribution is -2.26. The summed E-state index contributed by atoms with van der Waals surface area (Å²) in [7, 11) is 0. The van der Waals surface area contributed by atoms with Crippen molar-refractivity contribution in [2.45, 2.75) is 37.8 Å². The van der Waals surface area contributed by atoms with Crippen LogP contribution in [-0.2, 0) is 11.2 Å². The third-order valence-corrected chi connectivity index (χ3v) is 14.4. The third kappa shape index (κ3) is 3.66. The first-order chi connectivity index (χ1) is 28.3. The first-order valence-corrected chi connectivity index (χ1v) is 20.8. The van der Waals surface area contributed by atoms with Crippen LogP contribution in [0.1, 0.15) is 47.7 Å². The SMILES string of the molecule is C1=Cc2c(n(C3=CC4C5=C(OC4C=C3)C3CC3C=C5)c3ccc4c5ccc6c(c7ccccc7n6C6C=c7c(oc8ccccc78)=CC6)c5c5c(c4c23)C=C5)CC1. The van der Waals surface area contributed by atoms with Crippen LogP contribution in [0.15, 0.2) is 125 Å². The molecule has 1 saturated carbocycles. The minimum absolute atomic E-state index is 0.109. The van der Waals surface area contributed by atoms with E-state index in [0.29, 0.717) is 11.8 Å². The molecule has 4 nitrogen and oxygen atoms in total. The molecule has 1 aliphatic heterocycles. The van der Waals surface area contributed by atoms with E-state index in [1.54, 1.807) is 0 Å². The molecule has 0 radical (unpaired) electrons. The highest BCUT2D eigenvalue weighted by Gasteiger charge is 2.49. The number of rotatable bonds is 2. The molecule has 5 unspecified atom stereocenters. The highest BCUT2D eigenvalue weighted by atomic mass is 16.5. The summed E-state index contributed by atoms with van der Waals surface area (Å²) in [4.78, 5) is 0. The van der Waals surface area contributed by atoms with Crippen molar-refractivity contribution in [3.05, 3.63) is 154 Å². The Hall–Kier alpha value is -6.52. The van der Waals surface area contributed by atoms with E-state index in [2.05, 4.69) is 149 Å². The first-order valence-electron chi connectivity index (χ1n) is 20.8. The molecule has 8 aromatic rings. The number of aromatic nitrogens is 2. The second-order valence-corrected chi connectivity index (χ2v) is 17.2. The summed E-state index contributed by atoms with van der Waals surface area (Å²) in [5.41, 5.74) is 14.0. The molecule has 1 fully saturated rings. The Morgan fingerprint density at radius 1 is 0.649 bits per heavy atom. The van der Waals surface area contributed by atoms with Gasteiger partial charge in [-0.05, 0) is 108 Å². The van der Waals surface area contributed by atoms with Crippen LogP contribution in [0.5, 0.6) is 0 Å². The van der Waals surface area contributed by atoms with E-state index in [1.165, 1.54) is 111 Å². The number of nitrogens with zero attached hydrogens (tertiary/aromatic N) is 2. The highest BCUT2D eigenvalue weighted by molar-refractivity contribution is 6.34. The molecule has 0 N–H and O–H groups in total. The van der Waals surface area contributed by atoms with Gasteiger partial charge in [0, 0.05) is 77.4 Å². The second-order valence-electron chi connectivity index (χ2n) is 17.2. The fourth-order valence-corrected chi connectivity index (χ4v) is 11.8. The molecular formula is C53H36N2O2. The molecule has 57 heavy (non-hydrogen) atoms. The molecule has 0 amide bonds. The highest BCUT2D eigenvalue weighted by Crippen LogP contribution is 2.56. The monoisotopic (exact) mass is 732 g/mol. The van der Waals surface area contributed by atoms with E-state index in [0.717, 1.165) is 30.3 Å². The van der Waals surface area contributed by atoms with E-state index < -0.39 is 0 Å². The molecule has 5 aromatic carbocycles. The number of ether oxygens (including phenoxy) is 1. The van der Waals surface area contributed by atoms with Gasteiger partial charge in [-0.1, -0.05) is 85.0 Å². The summed E-state index contributed by atoms with van der Waals surface area (Å²) in [6.07, 6.45) is 30.5. The van der Waals surface area contributed by atoms with Gasteiger partial charge in [0.1, 0.15) is 22.9 Å². The van der Waals surface area contributed by atoms with Crippen molar-refractivity contribution in [3.63, 3.8) is 0 Å². The summed E-state index contributed by atoms with van der Waals surface area (Å²) in [6.45, 7) is 0. The Morgan fingerprint density at radius 3 is 2.37 bits per heavy atom. The zero-order valence-electron chi connectivity index (χ0n) is 31.2. The van der Waals surface area contributed by atoms with Crippen molar-refractivity contribution < 1.29 is 9.15 Å². The quantitative estimate of drug-likeness (QED) is 0.166. The molecular weight excluding hydrogens is 697 g/mol. The van der Waals surface area contributed by atoms with Gasteiger partial charge in [-0.2, -0.15) is 0 Å². The predicted octanol–water partition coefficient (Wildman–Crippen LogP) is 11.3. The minimum Gasteiger partial charge on any atom is -0.489 e. The van der Waals surface area contributed by atoms with E-state index >= 15 is 0 Å². The summed E-state index contributed by atoms with van der Waals surface area (Å²) >= 11 is 0. The Bertz CT molecular complexity index is 3590. The molecule has 4 heteroatoms. The molecule has 0 saturated heterocycles. The van der Waals surface area contributed by atoms with Gasteiger partial charge in [0.05, 0.1) is 17.1 Å². The predicted molar refractivity (Wildman–Crippen MR) is 234 cm³/mol. The van der Waals surface area contributed by atoms with Gasteiger partial charge in [-0.25, -0.2) is 0 Å². The standard InChI is InChI=1S/C53H36N2O2/c1-4-10-42-37(8-1)51-44(54(42)29-14-23-47-40(26-29)31-7-3-6-12-46(31)56-47)21-19-34-35-20-22-45-52(50(35)33-18-17-32(33)49(34)51)38-9-2-5-11-43(38)55(45)30-15-24-48-41(27-30)36-16-13-28-25-39(28)53(36)57-48/h1-4,6-10,12-13,15-24,26-29,39,41,48H,5,11,14,25H2. The largest absolute Gasteiger partial charge is 0.489 e. The first kappa shape index (κ1) is 29.7. The summed E-state index contributed by atoms with van der Waals surface area (Å²) in [5, 5.41) is 11.9. The summed E-state index contributed by atoms with van der Waals surface area (Å²) in [5.74, 6) is 2.83. The Labute approximate surface area is 327 Å². The lowest BCUT2D eigenvalue weighted by atomic mass is 9.82. The maximum absolute atomic E-state index is 6.60. The van der Waals surface area contributed by atoms with E-state index in [1.807, 2.05) is 0 Å². The second kappa shape index (κ2) is 10.3. The fraction of sp³-hybridized carbons (Fsp3) is 0.170. The fourth-order valence-electron chi connectivity index (χ4n) is 11.8.